The highest BCUT2D eigenvalue weighted by molar-refractivity contribution is 6.05. The number of amides is 1. The summed E-state index contributed by atoms with van der Waals surface area (Å²) in [6, 6.07) is 18.4. The van der Waals surface area contributed by atoms with Crippen LogP contribution in [-0.4, -0.2) is 26.1 Å². The zero-order chi connectivity index (χ0) is 18.5. The third kappa shape index (κ3) is 3.98. The summed E-state index contributed by atoms with van der Waals surface area (Å²) in [4.78, 5) is 20.9. The molecule has 7 nitrogen and oxygen atoms in total. The summed E-state index contributed by atoms with van der Waals surface area (Å²) in [7, 11) is 0. The van der Waals surface area contributed by atoms with Crippen molar-refractivity contribution in [3.05, 3.63) is 84.8 Å². The molecule has 0 saturated carbocycles. The van der Waals surface area contributed by atoms with Gasteiger partial charge in [0.25, 0.3) is 5.91 Å². The van der Waals surface area contributed by atoms with Gasteiger partial charge in [0.1, 0.15) is 0 Å². The number of anilines is 3. The number of aromatic amines is 1. The Morgan fingerprint density at radius 1 is 0.852 bits per heavy atom. The van der Waals surface area contributed by atoms with Gasteiger partial charge in [-0.25, -0.2) is 9.97 Å². The van der Waals surface area contributed by atoms with E-state index in [0.29, 0.717) is 17.2 Å². The number of nitrogens with one attached hydrogen (secondary N) is 3. The Labute approximate surface area is 155 Å². The molecule has 0 aliphatic carbocycles. The summed E-state index contributed by atoms with van der Waals surface area (Å²) in [5.41, 5.74) is 3.81. The first kappa shape index (κ1) is 16.5. The summed E-state index contributed by atoms with van der Waals surface area (Å²) >= 11 is 0. The zero-order valence-electron chi connectivity index (χ0n) is 14.3. The molecule has 3 N–H and O–H groups in total. The van der Waals surface area contributed by atoms with Gasteiger partial charge in [0, 0.05) is 41.1 Å². The number of carbonyl (C=O) groups excluding carboxylic acids is 1. The number of nitrogens with zero attached hydrogens (tertiary/aromatic N) is 3. The molecule has 0 saturated heterocycles. The van der Waals surface area contributed by atoms with Gasteiger partial charge < -0.3 is 10.6 Å². The van der Waals surface area contributed by atoms with Crippen LogP contribution < -0.4 is 10.6 Å². The van der Waals surface area contributed by atoms with Crippen LogP contribution in [0.25, 0.3) is 11.3 Å². The fourth-order valence-electron chi connectivity index (χ4n) is 2.62. The first-order valence-electron chi connectivity index (χ1n) is 8.33. The molecular formula is C20H16N6O. The molecule has 0 radical (unpaired) electrons. The normalized spacial score (nSPS) is 10.4. The number of rotatable bonds is 5. The molecule has 0 fully saturated rings. The molecule has 2 aromatic heterocycles. The largest absolute Gasteiger partial charge is 0.324 e. The quantitative estimate of drug-likeness (QED) is 0.505. The van der Waals surface area contributed by atoms with E-state index in [2.05, 4.69) is 30.8 Å². The fourth-order valence-corrected chi connectivity index (χ4v) is 2.62. The van der Waals surface area contributed by atoms with Crippen molar-refractivity contribution in [1.82, 2.24) is 20.2 Å². The summed E-state index contributed by atoms with van der Waals surface area (Å²) in [6.45, 7) is 0. The van der Waals surface area contributed by atoms with E-state index in [9.17, 15) is 4.79 Å². The van der Waals surface area contributed by atoms with E-state index < -0.39 is 0 Å². The van der Waals surface area contributed by atoms with Crippen molar-refractivity contribution >= 4 is 23.2 Å². The van der Waals surface area contributed by atoms with Crippen molar-refractivity contribution in [3.63, 3.8) is 0 Å². The van der Waals surface area contributed by atoms with Gasteiger partial charge in [0.15, 0.2) is 0 Å². The van der Waals surface area contributed by atoms with Crippen LogP contribution in [-0.2, 0) is 0 Å². The van der Waals surface area contributed by atoms with Crippen LogP contribution in [0.2, 0.25) is 0 Å². The molecule has 0 aliphatic rings. The third-order valence-corrected chi connectivity index (χ3v) is 3.88. The Morgan fingerprint density at radius 2 is 1.67 bits per heavy atom. The predicted molar refractivity (Wildman–Crippen MR) is 104 cm³/mol. The molecule has 0 spiro atoms. The van der Waals surface area contributed by atoms with Gasteiger partial charge in [-0.2, -0.15) is 5.10 Å². The van der Waals surface area contributed by atoms with Crippen LogP contribution >= 0.6 is 0 Å². The van der Waals surface area contributed by atoms with Crippen molar-refractivity contribution in [2.24, 2.45) is 0 Å². The lowest BCUT2D eigenvalue weighted by Gasteiger charge is -2.09. The van der Waals surface area contributed by atoms with Gasteiger partial charge in [-0.15, -0.1) is 0 Å². The van der Waals surface area contributed by atoms with Gasteiger partial charge >= 0.3 is 0 Å². The summed E-state index contributed by atoms with van der Waals surface area (Å²) in [6.07, 6.45) is 4.99. The van der Waals surface area contributed by atoms with E-state index in [-0.39, 0.29) is 5.91 Å². The molecule has 0 unspecified atom stereocenters. The standard InChI is InChI=1S/C20H16N6O/c27-19(24-16-6-1-4-14(12-16)18-8-11-23-26-18)15-5-2-7-17(13-15)25-20-21-9-3-10-22-20/h1-13H,(H,23,26)(H,24,27)(H,21,22,25). The Kier molecular flexibility index (Phi) is 4.57. The van der Waals surface area contributed by atoms with E-state index in [1.165, 1.54) is 0 Å². The number of benzene rings is 2. The molecular weight excluding hydrogens is 340 g/mol. The third-order valence-electron chi connectivity index (χ3n) is 3.88. The second kappa shape index (κ2) is 7.49. The van der Waals surface area contributed by atoms with Gasteiger partial charge in [-0.1, -0.05) is 18.2 Å². The minimum atomic E-state index is -0.200. The number of hydrogen-bond acceptors (Lipinski definition) is 5. The predicted octanol–water partition coefficient (Wildman–Crippen LogP) is 3.86. The Bertz CT molecular complexity index is 1050. The maximum atomic E-state index is 12.6. The molecule has 1 amide bonds. The van der Waals surface area contributed by atoms with E-state index in [0.717, 1.165) is 16.9 Å². The van der Waals surface area contributed by atoms with E-state index in [1.807, 2.05) is 36.4 Å². The van der Waals surface area contributed by atoms with Gasteiger partial charge in [-0.05, 0) is 42.5 Å². The SMILES string of the molecule is O=C(Nc1cccc(-c2ccn[nH]2)c1)c1cccc(Nc2ncccn2)c1. The number of H-pyrrole nitrogens is 1. The first-order chi connectivity index (χ1) is 13.3. The maximum absolute atomic E-state index is 12.6. The van der Waals surface area contributed by atoms with Gasteiger partial charge in [0.05, 0.1) is 5.69 Å². The Hall–Kier alpha value is -4.00. The Morgan fingerprint density at radius 3 is 2.48 bits per heavy atom. The highest BCUT2D eigenvalue weighted by Crippen LogP contribution is 2.21. The summed E-state index contributed by atoms with van der Waals surface area (Å²) in [5, 5.41) is 12.9. The van der Waals surface area contributed by atoms with Crippen molar-refractivity contribution in [1.29, 1.82) is 0 Å². The van der Waals surface area contributed by atoms with Crippen LogP contribution in [0.1, 0.15) is 10.4 Å². The smallest absolute Gasteiger partial charge is 0.255 e. The zero-order valence-corrected chi connectivity index (χ0v) is 14.3. The fraction of sp³-hybridized carbons (Fsp3) is 0. The highest BCUT2D eigenvalue weighted by atomic mass is 16.1. The van der Waals surface area contributed by atoms with Crippen molar-refractivity contribution < 1.29 is 4.79 Å². The molecule has 4 aromatic rings. The average Bonchev–Trinajstić information content (AvgIpc) is 3.24. The molecule has 132 valence electrons. The lowest BCUT2D eigenvalue weighted by atomic mass is 10.1. The van der Waals surface area contributed by atoms with Crippen LogP contribution in [0.3, 0.4) is 0 Å². The molecule has 2 heterocycles. The van der Waals surface area contributed by atoms with Crippen LogP contribution in [0.15, 0.2) is 79.3 Å². The van der Waals surface area contributed by atoms with Gasteiger partial charge in [-0.3, -0.25) is 9.89 Å². The number of carbonyl (C=O) groups is 1. The lowest BCUT2D eigenvalue weighted by Crippen LogP contribution is -2.12. The summed E-state index contributed by atoms with van der Waals surface area (Å²) < 4.78 is 0. The monoisotopic (exact) mass is 356 g/mol. The summed E-state index contributed by atoms with van der Waals surface area (Å²) in [5.74, 6) is 0.275. The maximum Gasteiger partial charge on any atom is 0.255 e. The lowest BCUT2D eigenvalue weighted by molar-refractivity contribution is 0.102. The highest BCUT2D eigenvalue weighted by Gasteiger charge is 2.08. The van der Waals surface area contributed by atoms with Crippen molar-refractivity contribution in [2.75, 3.05) is 10.6 Å². The second-order valence-corrected chi connectivity index (χ2v) is 5.78. The molecule has 0 atom stereocenters. The minimum absolute atomic E-state index is 0.200. The second-order valence-electron chi connectivity index (χ2n) is 5.78. The van der Waals surface area contributed by atoms with Crippen LogP contribution in [0, 0.1) is 0 Å². The average molecular weight is 356 g/mol. The first-order valence-corrected chi connectivity index (χ1v) is 8.33. The molecule has 7 heteroatoms. The van der Waals surface area contributed by atoms with Crippen molar-refractivity contribution in [2.45, 2.75) is 0 Å². The number of aromatic nitrogens is 4. The molecule has 0 bridgehead atoms. The number of hydrogen-bond donors (Lipinski definition) is 3. The van der Waals surface area contributed by atoms with E-state index in [1.54, 1.807) is 42.9 Å². The molecule has 27 heavy (non-hydrogen) atoms. The molecule has 4 rings (SSSR count). The van der Waals surface area contributed by atoms with Crippen LogP contribution in [0.5, 0.6) is 0 Å². The van der Waals surface area contributed by atoms with E-state index in [4.69, 9.17) is 0 Å². The molecule has 0 aliphatic heterocycles. The molecule has 2 aromatic carbocycles. The van der Waals surface area contributed by atoms with Crippen molar-refractivity contribution in [3.8, 4) is 11.3 Å². The van der Waals surface area contributed by atoms with E-state index >= 15 is 0 Å². The topological polar surface area (TPSA) is 95.6 Å². The minimum Gasteiger partial charge on any atom is -0.324 e. The van der Waals surface area contributed by atoms with Crippen LogP contribution in [0.4, 0.5) is 17.3 Å². The Balaban J connectivity index is 1.50. The van der Waals surface area contributed by atoms with Gasteiger partial charge in [0.2, 0.25) is 5.95 Å².